The summed E-state index contributed by atoms with van der Waals surface area (Å²) >= 11 is 0. The molecule has 31 heavy (non-hydrogen) atoms. The molecule has 0 spiro atoms. The molecule has 4 rings (SSSR count). The van der Waals surface area contributed by atoms with Crippen LogP contribution in [0.15, 0.2) is 73.1 Å². The van der Waals surface area contributed by atoms with E-state index in [1.54, 1.807) is 19.5 Å². The van der Waals surface area contributed by atoms with Crippen LogP contribution in [0.3, 0.4) is 0 Å². The summed E-state index contributed by atoms with van der Waals surface area (Å²) in [6, 6.07) is 21.2. The molecule has 1 unspecified atom stereocenters. The second-order valence-electron chi connectivity index (χ2n) is 7.95. The van der Waals surface area contributed by atoms with Gasteiger partial charge in [-0.25, -0.2) is 0 Å². The van der Waals surface area contributed by atoms with Crippen molar-refractivity contribution in [3.8, 4) is 11.5 Å². The maximum atomic E-state index is 5.87. The molecule has 1 N–H and O–H groups in total. The minimum absolute atomic E-state index is 0.386. The highest BCUT2D eigenvalue weighted by molar-refractivity contribution is 5.30. The number of benzene rings is 2. The lowest BCUT2D eigenvalue weighted by atomic mass is 10.0. The SMILES string of the molecule is COc1ccc(C(CNCc2ccc(OCc3ccncc3)cc2)N2CCCC2)cc1. The fourth-order valence-corrected chi connectivity index (χ4v) is 4.04. The number of methoxy groups -OCH3 is 1. The van der Waals surface area contributed by atoms with E-state index in [4.69, 9.17) is 9.47 Å². The summed E-state index contributed by atoms with van der Waals surface area (Å²) in [5, 5.41) is 3.66. The zero-order chi connectivity index (χ0) is 21.3. The van der Waals surface area contributed by atoms with Crippen LogP contribution in [0, 0.1) is 0 Å². The Bertz CT molecular complexity index is 908. The fraction of sp³-hybridized carbons (Fsp3) is 0.346. The van der Waals surface area contributed by atoms with Crippen molar-refractivity contribution in [2.45, 2.75) is 32.0 Å². The summed E-state index contributed by atoms with van der Waals surface area (Å²) < 4.78 is 11.2. The lowest BCUT2D eigenvalue weighted by molar-refractivity contribution is 0.238. The summed E-state index contributed by atoms with van der Waals surface area (Å²) in [5.74, 6) is 1.79. The standard InChI is InChI=1S/C26H31N3O2/c1-30-24-10-6-23(7-11-24)26(29-16-2-3-17-29)19-28-18-21-4-8-25(9-5-21)31-20-22-12-14-27-15-13-22/h4-15,26,28H,2-3,16-20H2,1H3. The van der Waals surface area contributed by atoms with Crippen LogP contribution in [0.2, 0.25) is 0 Å². The number of hydrogen-bond acceptors (Lipinski definition) is 5. The van der Waals surface area contributed by atoms with E-state index in [2.05, 4.69) is 51.6 Å². The minimum Gasteiger partial charge on any atom is -0.497 e. The van der Waals surface area contributed by atoms with E-state index < -0.39 is 0 Å². The highest BCUT2D eigenvalue weighted by Crippen LogP contribution is 2.26. The average Bonchev–Trinajstić information content (AvgIpc) is 3.37. The molecular formula is C26H31N3O2. The summed E-state index contributed by atoms with van der Waals surface area (Å²) in [6.07, 6.45) is 6.14. The Kier molecular flexibility index (Phi) is 7.53. The lowest BCUT2D eigenvalue weighted by Crippen LogP contribution is -2.34. The fourth-order valence-electron chi connectivity index (χ4n) is 4.04. The Balaban J connectivity index is 1.30. The normalized spacial score (nSPS) is 15.0. The van der Waals surface area contributed by atoms with E-state index >= 15 is 0 Å². The van der Waals surface area contributed by atoms with Gasteiger partial charge in [0.2, 0.25) is 0 Å². The Morgan fingerprint density at radius 3 is 2.23 bits per heavy atom. The Morgan fingerprint density at radius 2 is 1.55 bits per heavy atom. The first-order valence-electron chi connectivity index (χ1n) is 11.0. The number of nitrogens with one attached hydrogen (secondary N) is 1. The van der Waals surface area contributed by atoms with Crippen LogP contribution in [0.5, 0.6) is 11.5 Å². The second-order valence-corrected chi connectivity index (χ2v) is 7.95. The molecular weight excluding hydrogens is 386 g/mol. The molecule has 1 saturated heterocycles. The van der Waals surface area contributed by atoms with Gasteiger partial charge >= 0.3 is 0 Å². The Labute approximate surface area is 185 Å². The van der Waals surface area contributed by atoms with Crippen molar-refractivity contribution >= 4 is 0 Å². The molecule has 2 aromatic carbocycles. The molecule has 0 saturated carbocycles. The second kappa shape index (κ2) is 10.9. The lowest BCUT2D eigenvalue weighted by Gasteiger charge is -2.28. The van der Waals surface area contributed by atoms with Crippen molar-refractivity contribution in [1.82, 2.24) is 15.2 Å². The molecule has 0 bridgehead atoms. The molecule has 2 heterocycles. The molecule has 1 fully saturated rings. The van der Waals surface area contributed by atoms with Crippen molar-refractivity contribution in [3.63, 3.8) is 0 Å². The van der Waals surface area contributed by atoms with E-state index in [-0.39, 0.29) is 0 Å². The molecule has 5 nitrogen and oxygen atoms in total. The van der Waals surface area contributed by atoms with E-state index in [0.29, 0.717) is 12.6 Å². The monoisotopic (exact) mass is 417 g/mol. The predicted octanol–water partition coefficient (Wildman–Crippen LogP) is 4.60. The molecule has 1 atom stereocenters. The largest absolute Gasteiger partial charge is 0.497 e. The number of ether oxygens (including phenoxy) is 2. The van der Waals surface area contributed by atoms with Gasteiger partial charge < -0.3 is 14.8 Å². The summed E-state index contributed by atoms with van der Waals surface area (Å²) in [7, 11) is 1.71. The van der Waals surface area contributed by atoms with Gasteiger partial charge in [0.05, 0.1) is 7.11 Å². The Morgan fingerprint density at radius 1 is 0.871 bits per heavy atom. The van der Waals surface area contributed by atoms with E-state index in [0.717, 1.165) is 30.2 Å². The number of hydrogen-bond donors (Lipinski definition) is 1. The molecule has 1 aromatic heterocycles. The Hall–Kier alpha value is -2.89. The first-order valence-corrected chi connectivity index (χ1v) is 11.0. The summed E-state index contributed by atoms with van der Waals surface area (Å²) in [6.45, 7) is 4.65. The summed E-state index contributed by atoms with van der Waals surface area (Å²) in [5.41, 5.74) is 3.72. The maximum absolute atomic E-state index is 5.87. The third-order valence-corrected chi connectivity index (χ3v) is 5.83. The smallest absolute Gasteiger partial charge is 0.119 e. The molecule has 0 aliphatic carbocycles. The van der Waals surface area contributed by atoms with Gasteiger partial charge in [0, 0.05) is 31.5 Å². The number of pyridine rings is 1. The van der Waals surface area contributed by atoms with Crippen LogP contribution in [0.4, 0.5) is 0 Å². The molecule has 0 radical (unpaired) electrons. The quantitative estimate of drug-likeness (QED) is 0.523. The predicted molar refractivity (Wildman–Crippen MR) is 123 cm³/mol. The van der Waals surface area contributed by atoms with Crippen molar-refractivity contribution in [2.75, 3.05) is 26.7 Å². The van der Waals surface area contributed by atoms with Crippen LogP contribution in [-0.4, -0.2) is 36.6 Å². The van der Waals surface area contributed by atoms with Crippen molar-refractivity contribution in [2.24, 2.45) is 0 Å². The number of aromatic nitrogens is 1. The van der Waals surface area contributed by atoms with Gasteiger partial charge in [-0.1, -0.05) is 24.3 Å². The van der Waals surface area contributed by atoms with Gasteiger partial charge in [-0.2, -0.15) is 0 Å². The van der Waals surface area contributed by atoms with Crippen molar-refractivity contribution in [3.05, 3.63) is 89.7 Å². The molecule has 5 heteroatoms. The van der Waals surface area contributed by atoms with Crippen LogP contribution >= 0.6 is 0 Å². The van der Waals surface area contributed by atoms with Crippen molar-refractivity contribution in [1.29, 1.82) is 0 Å². The first kappa shape index (κ1) is 21.3. The zero-order valence-corrected chi connectivity index (χ0v) is 18.2. The molecule has 1 aliphatic heterocycles. The maximum Gasteiger partial charge on any atom is 0.119 e. The average molecular weight is 418 g/mol. The topological polar surface area (TPSA) is 46.6 Å². The molecule has 1 aliphatic rings. The van der Waals surface area contributed by atoms with Crippen LogP contribution in [0.25, 0.3) is 0 Å². The van der Waals surface area contributed by atoms with Crippen LogP contribution < -0.4 is 14.8 Å². The number of likely N-dealkylation sites (tertiary alicyclic amines) is 1. The van der Waals surface area contributed by atoms with Gasteiger partial charge in [-0.3, -0.25) is 9.88 Å². The third-order valence-electron chi connectivity index (χ3n) is 5.83. The van der Waals surface area contributed by atoms with Gasteiger partial charge in [0.1, 0.15) is 18.1 Å². The van der Waals surface area contributed by atoms with Crippen LogP contribution in [0.1, 0.15) is 35.6 Å². The highest BCUT2D eigenvalue weighted by Gasteiger charge is 2.23. The minimum atomic E-state index is 0.386. The number of nitrogens with zero attached hydrogens (tertiary/aromatic N) is 2. The van der Waals surface area contributed by atoms with Crippen LogP contribution in [-0.2, 0) is 13.2 Å². The van der Waals surface area contributed by atoms with Crippen molar-refractivity contribution < 1.29 is 9.47 Å². The highest BCUT2D eigenvalue weighted by atomic mass is 16.5. The molecule has 3 aromatic rings. The zero-order valence-electron chi connectivity index (χ0n) is 18.2. The van der Waals surface area contributed by atoms with Gasteiger partial charge in [-0.05, 0) is 79.0 Å². The van der Waals surface area contributed by atoms with E-state index in [1.165, 1.54) is 37.1 Å². The molecule has 162 valence electrons. The van der Waals surface area contributed by atoms with Gasteiger partial charge in [0.25, 0.3) is 0 Å². The summed E-state index contributed by atoms with van der Waals surface area (Å²) in [4.78, 5) is 6.62. The van der Waals surface area contributed by atoms with E-state index in [1.807, 2.05) is 24.3 Å². The first-order chi connectivity index (χ1) is 15.3. The van der Waals surface area contributed by atoms with E-state index in [9.17, 15) is 0 Å². The molecule has 0 amide bonds. The number of rotatable bonds is 10. The van der Waals surface area contributed by atoms with Gasteiger partial charge in [0.15, 0.2) is 0 Å². The third kappa shape index (κ3) is 6.06. The van der Waals surface area contributed by atoms with Gasteiger partial charge in [-0.15, -0.1) is 0 Å².